The quantitative estimate of drug-likeness (QED) is 0.750. The molecule has 0 aromatic carbocycles. The van der Waals surface area contributed by atoms with Crippen LogP contribution in [0, 0.1) is 0 Å². The maximum Gasteiger partial charge on any atom is 0.224 e. The Bertz CT molecular complexity index is 610. The van der Waals surface area contributed by atoms with Gasteiger partial charge in [0.1, 0.15) is 17.2 Å². The van der Waals surface area contributed by atoms with Crippen LogP contribution in [0.25, 0.3) is 0 Å². The highest BCUT2D eigenvalue weighted by Gasteiger charge is 2.26. The molecule has 1 saturated heterocycles. The van der Waals surface area contributed by atoms with Crippen LogP contribution in [-0.4, -0.2) is 40.9 Å². The summed E-state index contributed by atoms with van der Waals surface area (Å²) in [5.74, 6) is 1.70. The molecule has 0 aliphatic carbocycles. The first kappa shape index (κ1) is 15.8. The van der Waals surface area contributed by atoms with Gasteiger partial charge in [0.15, 0.2) is 0 Å². The molecule has 1 fully saturated rings. The summed E-state index contributed by atoms with van der Waals surface area (Å²) in [5, 5.41) is 16.8. The second kappa shape index (κ2) is 6.97. The van der Waals surface area contributed by atoms with Crippen LogP contribution < -0.4 is 10.6 Å². The molecule has 0 saturated carbocycles. The lowest BCUT2D eigenvalue weighted by Gasteiger charge is -2.24. The van der Waals surface area contributed by atoms with Gasteiger partial charge < -0.3 is 24.9 Å². The van der Waals surface area contributed by atoms with Crippen molar-refractivity contribution < 1.29 is 14.3 Å². The van der Waals surface area contributed by atoms with Crippen molar-refractivity contribution in [3.05, 3.63) is 36.4 Å². The number of aliphatic hydroxyl groups is 1. The van der Waals surface area contributed by atoms with Crippen molar-refractivity contribution in [3.8, 4) is 0 Å². The molecule has 7 heteroatoms. The largest absolute Gasteiger partial charge is 0.466 e. The number of anilines is 2. The van der Waals surface area contributed by atoms with E-state index in [4.69, 9.17) is 9.15 Å². The molecule has 0 bridgehead atoms. The zero-order valence-corrected chi connectivity index (χ0v) is 13.2. The Morgan fingerprint density at radius 1 is 1.43 bits per heavy atom. The summed E-state index contributed by atoms with van der Waals surface area (Å²) in [6.07, 6.45) is 5.35. The minimum absolute atomic E-state index is 0.247. The van der Waals surface area contributed by atoms with E-state index in [1.807, 2.05) is 6.07 Å². The third-order valence-corrected chi connectivity index (χ3v) is 3.81. The van der Waals surface area contributed by atoms with Crippen LogP contribution in [0.1, 0.15) is 25.5 Å². The molecule has 0 radical (unpaired) electrons. The van der Waals surface area contributed by atoms with Crippen molar-refractivity contribution in [1.82, 2.24) is 9.97 Å². The molecule has 2 atom stereocenters. The number of nitrogens with zero attached hydrogens (tertiary/aromatic N) is 2. The number of rotatable bonds is 6. The van der Waals surface area contributed by atoms with Crippen LogP contribution in [-0.2, 0) is 10.3 Å². The molecular weight excluding hydrogens is 296 g/mol. The summed E-state index contributed by atoms with van der Waals surface area (Å²) in [6.45, 7) is 3.45. The predicted octanol–water partition coefficient (Wildman–Crippen LogP) is 1.98. The van der Waals surface area contributed by atoms with Crippen LogP contribution in [0.3, 0.4) is 0 Å². The monoisotopic (exact) mass is 318 g/mol. The molecule has 2 aromatic rings. The van der Waals surface area contributed by atoms with Crippen molar-refractivity contribution in [2.45, 2.75) is 31.4 Å². The fraction of sp³-hybridized carbons (Fsp3) is 0.500. The number of ether oxygens (including phenoxy) is 1. The topological polar surface area (TPSA) is 92.4 Å². The predicted molar refractivity (Wildman–Crippen MR) is 86.3 cm³/mol. The molecule has 2 unspecified atom stereocenters. The van der Waals surface area contributed by atoms with Crippen molar-refractivity contribution in [3.63, 3.8) is 0 Å². The molecule has 3 heterocycles. The van der Waals surface area contributed by atoms with Crippen LogP contribution in [0.4, 0.5) is 11.8 Å². The molecule has 1 aliphatic rings. The smallest absolute Gasteiger partial charge is 0.224 e. The summed E-state index contributed by atoms with van der Waals surface area (Å²) < 4.78 is 10.7. The minimum atomic E-state index is -1.13. The summed E-state index contributed by atoms with van der Waals surface area (Å²) >= 11 is 0. The summed E-state index contributed by atoms with van der Waals surface area (Å²) in [7, 11) is 0. The Hall–Kier alpha value is -2.12. The third kappa shape index (κ3) is 4.20. The molecule has 1 aliphatic heterocycles. The van der Waals surface area contributed by atoms with Gasteiger partial charge in [0, 0.05) is 12.8 Å². The van der Waals surface area contributed by atoms with Crippen molar-refractivity contribution in [2.24, 2.45) is 0 Å². The van der Waals surface area contributed by atoms with Gasteiger partial charge in [-0.2, -0.15) is 4.98 Å². The molecule has 124 valence electrons. The Morgan fingerprint density at radius 3 is 3.09 bits per heavy atom. The van der Waals surface area contributed by atoms with E-state index in [9.17, 15) is 5.11 Å². The molecule has 2 aromatic heterocycles. The number of nitrogens with one attached hydrogen (secondary N) is 2. The molecule has 7 nitrogen and oxygen atoms in total. The van der Waals surface area contributed by atoms with Gasteiger partial charge in [-0.25, -0.2) is 4.98 Å². The average Bonchev–Trinajstić information content (AvgIpc) is 3.10. The molecule has 3 rings (SSSR count). The maximum atomic E-state index is 10.4. The van der Waals surface area contributed by atoms with Gasteiger partial charge in [0.25, 0.3) is 0 Å². The number of hydrogen-bond donors (Lipinski definition) is 3. The number of hydrogen-bond acceptors (Lipinski definition) is 7. The van der Waals surface area contributed by atoms with Gasteiger partial charge in [0.2, 0.25) is 5.95 Å². The number of furan rings is 1. The van der Waals surface area contributed by atoms with E-state index in [0.29, 0.717) is 18.3 Å². The zero-order chi connectivity index (χ0) is 16.1. The first-order valence-corrected chi connectivity index (χ1v) is 7.81. The van der Waals surface area contributed by atoms with Gasteiger partial charge in [-0.3, -0.25) is 0 Å². The molecule has 0 amide bonds. The van der Waals surface area contributed by atoms with Crippen LogP contribution >= 0.6 is 0 Å². The first-order valence-electron chi connectivity index (χ1n) is 7.81. The lowest BCUT2D eigenvalue weighted by molar-refractivity contribution is 0.0475. The third-order valence-electron chi connectivity index (χ3n) is 3.81. The van der Waals surface area contributed by atoms with Gasteiger partial charge in [0.05, 0.1) is 25.5 Å². The zero-order valence-electron chi connectivity index (χ0n) is 13.2. The highest BCUT2D eigenvalue weighted by Crippen LogP contribution is 2.21. The van der Waals surface area contributed by atoms with Crippen molar-refractivity contribution in [1.29, 1.82) is 0 Å². The van der Waals surface area contributed by atoms with E-state index >= 15 is 0 Å². The van der Waals surface area contributed by atoms with Crippen LogP contribution in [0.15, 0.2) is 35.1 Å². The molecule has 3 N–H and O–H groups in total. The molecule has 0 spiro atoms. The lowest BCUT2D eigenvalue weighted by Crippen LogP contribution is -2.31. The van der Waals surface area contributed by atoms with E-state index in [1.54, 1.807) is 25.3 Å². The van der Waals surface area contributed by atoms with E-state index in [0.717, 1.165) is 25.3 Å². The fourth-order valence-corrected chi connectivity index (χ4v) is 2.51. The lowest BCUT2D eigenvalue weighted by atomic mass is 10.0. The Balaban J connectivity index is 1.59. The Kier molecular flexibility index (Phi) is 4.78. The van der Waals surface area contributed by atoms with E-state index in [2.05, 4.69) is 20.6 Å². The van der Waals surface area contributed by atoms with Gasteiger partial charge >= 0.3 is 0 Å². The second-order valence-electron chi connectivity index (χ2n) is 5.93. The second-order valence-corrected chi connectivity index (χ2v) is 5.93. The van der Waals surface area contributed by atoms with Crippen molar-refractivity contribution in [2.75, 3.05) is 30.4 Å². The SMILES string of the molecule is CC(O)(CNc1nccc(NC2CCCOC2)n1)c1ccco1. The standard InChI is InChI=1S/C16H22N4O3/c1-16(21,13-5-3-9-23-13)11-18-15-17-7-6-14(20-15)19-12-4-2-8-22-10-12/h3,5-7,9,12,21H,2,4,8,10-11H2,1H3,(H2,17,18,19,20). The average molecular weight is 318 g/mol. The van der Waals surface area contributed by atoms with E-state index < -0.39 is 5.60 Å². The van der Waals surface area contributed by atoms with E-state index in [1.165, 1.54) is 6.26 Å². The van der Waals surface area contributed by atoms with Gasteiger partial charge in [-0.05, 0) is 38.0 Å². The number of aromatic nitrogens is 2. The van der Waals surface area contributed by atoms with Crippen LogP contribution in [0.5, 0.6) is 0 Å². The normalized spacial score (nSPS) is 20.7. The van der Waals surface area contributed by atoms with Crippen LogP contribution in [0.2, 0.25) is 0 Å². The summed E-state index contributed by atoms with van der Waals surface area (Å²) in [5.41, 5.74) is -1.13. The van der Waals surface area contributed by atoms with Gasteiger partial charge in [-0.15, -0.1) is 0 Å². The minimum Gasteiger partial charge on any atom is -0.466 e. The first-order chi connectivity index (χ1) is 11.1. The van der Waals surface area contributed by atoms with Gasteiger partial charge in [-0.1, -0.05) is 0 Å². The molecule has 23 heavy (non-hydrogen) atoms. The highest BCUT2D eigenvalue weighted by molar-refractivity contribution is 5.40. The highest BCUT2D eigenvalue weighted by atomic mass is 16.5. The Morgan fingerprint density at radius 2 is 2.35 bits per heavy atom. The summed E-state index contributed by atoms with van der Waals surface area (Å²) in [4.78, 5) is 8.60. The maximum absolute atomic E-state index is 10.4. The van der Waals surface area contributed by atoms with Crippen molar-refractivity contribution >= 4 is 11.8 Å². The van der Waals surface area contributed by atoms with E-state index in [-0.39, 0.29) is 12.6 Å². The Labute approximate surface area is 135 Å². The fourth-order valence-electron chi connectivity index (χ4n) is 2.51. The molecular formula is C16H22N4O3. The summed E-state index contributed by atoms with van der Waals surface area (Å²) in [6, 6.07) is 5.59.